The Kier molecular flexibility index (Phi) is 9.40. The summed E-state index contributed by atoms with van der Waals surface area (Å²) >= 11 is 7.38. The van der Waals surface area contributed by atoms with Crippen LogP contribution in [0.15, 0.2) is 83.1 Å². The van der Waals surface area contributed by atoms with Crippen LogP contribution in [-0.4, -0.2) is 52.8 Å². The van der Waals surface area contributed by atoms with Crippen molar-refractivity contribution in [2.75, 3.05) is 30.9 Å². The number of anilines is 1. The number of thioether (sulfide) groups is 1. The van der Waals surface area contributed by atoms with Gasteiger partial charge in [-0.3, -0.25) is 9.36 Å². The first kappa shape index (κ1) is 27.2. The van der Waals surface area contributed by atoms with Crippen LogP contribution < -0.4 is 15.1 Å². The molecule has 4 aromatic rings. The van der Waals surface area contributed by atoms with E-state index in [9.17, 15) is 4.79 Å². The van der Waals surface area contributed by atoms with Crippen LogP contribution in [0.1, 0.15) is 19.4 Å². The number of benzene rings is 3. The lowest BCUT2D eigenvalue weighted by Gasteiger charge is -2.20. The summed E-state index contributed by atoms with van der Waals surface area (Å²) in [6.07, 6.45) is 1.63. The number of nitrogens with zero attached hydrogens (tertiary/aromatic N) is 5. The van der Waals surface area contributed by atoms with E-state index in [1.54, 1.807) is 25.5 Å². The molecule has 38 heavy (non-hydrogen) atoms. The number of amides is 1. The van der Waals surface area contributed by atoms with Gasteiger partial charge in [-0.05, 0) is 80.1 Å². The van der Waals surface area contributed by atoms with Crippen LogP contribution in [-0.2, 0) is 4.79 Å². The van der Waals surface area contributed by atoms with Gasteiger partial charge in [-0.1, -0.05) is 35.5 Å². The van der Waals surface area contributed by atoms with Crippen molar-refractivity contribution in [3.63, 3.8) is 0 Å². The summed E-state index contributed by atoms with van der Waals surface area (Å²) in [5, 5.41) is 14.1. The third-order valence-electron chi connectivity index (χ3n) is 5.82. The lowest BCUT2D eigenvalue weighted by molar-refractivity contribution is -0.118. The molecule has 0 atom stereocenters. The number of halogens is 1. The standard InChI is InChI=1S/C28H29ClN6O2S/c1-4-34(5-2)23-12-6-20(7-13-23)18-30-31-26(36)19-38-28-33-32-27(21-8-16-25(37-3)17-9-21)35(28)24-14-10-22(29)11-15-24/h6-18H,4-5,19H2,1-3H3,(H,31,36). The van der Waals surface area contributed by atoms with E-state index in [1.807, 2.05) is 53.1 Å². The molecule has 10 heteroatoms. The molecule has 0 fully saturated rings. The molecule has 8 nitrogen and oxygen atoms in total. The lowest BCUT2D eigenvalue weighted by Crippen LogP contribution is -2.21. The topological polar surface area (TPSA) is 84.6 Å². The third kappa shape index (κ3) is 6.73. The second kappa shape index (κ2) is 13.1. The summed E-state index contributed by atoms with van der Waals surface area (Å²) < 4.78 is 7.17. The van der Waals surface area contributed by atoms with Gasteiger partial charge in [0.15, 0.2) is 11.0 Å². The highest BCUT2D eigenvalue weighted by Crippen LogP contribution is 2.29. The molecule has 0 saturated carbocycles. The largest absolute Gasteiger partial charge is 0.497 e. The molecule has 1 aromatic heterocycles. The molecule has 0 aliphatic carbocycles. The summed E-state index contributed by atoms with van der Waals surface area (Å²) in [5.74, 6) is 1.26. The molecule has 0 spiro atoms. The minimum atomic E-state index is -0.248. The first-order valence-electron chi connectivity index (χ1n) is 12.2. The Morgan fingerprint density at radius 3 is 2.34 bits per heavy atom. The monoisotopic (exact) mass is 548 g/mol. The van der Waals surface area contributed by atoms with Crippen LogP contribution in [0.5, 0.6) is 5.75 Å². The molecular formula is C28H29ClN6O2S. The van der Waals surface area contributed by atoms with Gasteiger partial charge in [0.2, 0.25) is 0 Å². The SMILES string of the molecule is CCN(CC)c1ccc(C=NNC(=O)CSc2nnc(-c3ccc(OC)cc3)n2-c2ccc(Cl)cc2)cc1. The van der Waals surface area contributed by atoms with Gasteiger partial charge in [0, 0.05) is 35.1 Å². The van der Waals surface area contributed by atoms with E-state index in [1.165, 1.54) is 11.8 Å². The second-order valence-corrected chi connectivity index (χ2v) is 9.57. The lowest BCUT2D eigenvalue weighted by atomic mass is 10.2. The number of nitrogens with one attached hydrogen (secondary N) is 1. The fourth-order valence-electron chi connectivity index (χ4n) is 3.81. The number of hydrazone groups is 1. The van der Waals surface area contributed by atoms with E-state index in [-0.39, 0.29) is 11.7 Å². The maximum absolute atomic E-state index is 12.5. The number of carbonyl (C=O) groups is 1. The molecule has 0 unspecified atom stereocenters. The van der Waals surface area contributed by atoms with Gasteiger partial charge in [-0.2, -0.15) is 5.10 Å². The van der Waals surface area contributed by atoms with E-state index < -0.39 is 0 Å². The third-order valence-corrected chi connectivity index (χ3v) is 7.00. The van der Waals surface area contributed by atoms with Crippen LogP contribution in [0.4, 0.5) is 5.69 Å². The molecule has 196 valence electrons. The van der Waals surface area contributed by atoms with Gasteiger partial charge in [-0.15, -0.1) is 10.2 Å². The molecule has 1 amide bonds. The van der Waals surface area contributed by atoms with E-state index >= 15 is 0 Å². The van der Waals surface area contributed by atoms with Crippen LogP contribution in [0.25, 0.3) is 17.1 Å². The highest BCUT2D eigenvalue weighted by atomic mass is 35.5. The molecule has 4 rings (SSSR count). The van der Waals surface area contributed by atoms with Crippen molar-refractivity contribution < 1.29 is 9.53 Å². The molecule has 1 heterocycles. The smallest absolute Gasteiger partial charge is 0.250 e. The molecule has 0 radical (unpaired) electrons. The highest BCUT2D eigenvalue weighted by molar-refractivity contribution is 7.99. The van der Waals surface area contributed by atoms with E-state index in [0.29, 0.717) is 16.0 Å². The summed E-state index contributed by atoms with van der Waals surface area (Å²) in [6, 6.07) is 23.0. The maximum atomic E-state index is 12.5. The van der Waals surface area contributed by atoms with Crippen molar-refractivity contribution in [3.05, 3.63) is 83.4 Å². The number of carbonyl (C=O) groups excluding carboxylic acids is 1. The molecule has 0 aliphatic rings. The molecule has 1 N–H and O–H groups in total. The van der Waals surface area contributed by atoms with Gasteiger partial charge < -0.3 is 9.64 Å². The quantitative estimate of drug-likeness (QED) is 0.147. The van der Waals surface area contributed by atoms with Gasteiger partial charge in [-0.25, -0.2) is 5.43 Å². The Labute approximate surface area is 231 Å². The van der Waals surface area contributed by atoms with Gasteiger partial charge in [0.05, 0.1) is 19.1 Å². The first-order valence-corrected chi connectivity index (χ1v) is 13.5. The van der Waals surface area contributed by atoms with Gasteiger partial charge in [0.1, 0.15) is 5.75 Å². The Hall–Kier alpha value is -3.82. The van der Waals surface area contributed by atoms with E-state index in [0.717, 1.165) is 41.3 Å². The Bertz CT molecular complexity index is 1370. The minimum absolute atomic E-state index is 0.118. The predicted octanol–water partition coefficient (Wildman–Crippen LogP) is 5.68. The van der Waals surface area contributed by atoms with E-state index in [2.05, 4.69) is 51.6 Å². The fourth-order valence-corrected chi connectivity index (χ4v) is 4.68. The normalized spacial score (nSPS) is 11.1. The van der Waals surface area contributed by atoms with Crippen LogP contribution in [0.2, 0.25) is 5.02 Å². The van der Waals surface area contributed by atoms with E-state index in [4.69, 9.17) is 16.3 Å². The van der Waals surface area contributed by atoms with Crippen LogP contribution in [0.3, 0.4) is 0 Å². The number of hydrogen-bond acceptors (Lipinski definition) is 7. The zero-order valence-corrected chi connectivity index (χ0v) is 23.0. The molecule has 0 saturated heterocycles. The first-order chi connectivity index (χ1) is 18.5. The van der Waals surface area contributed by atoms with Crippen molar-refractivity contribution in [3.8, 4) is 22.8 Å². The Morgan fingerprint density at radius 2 is 1.71 bits per heavy atom. The van der Waals surface area contributed by atoms with Crippen molar-refractivity contribution in [1.29, 1.82) is 0 Å². The molecule has 3 aromatic carbocycles. The molecule has 0 bridgehead atoms. The summed E-state index contributed by atoms with van der Waals surface area (Å²) in [5.41, 5.74) is 6.35. The van der Waals surface area contributed by atoms with Gasteiger partial charge >= 0.3 is 0 Å². The maximum Gasteiger partial charge on any atom is 0.250 e. The van der Waals surface area contributed by atoms with Crippen molar-refractivity contribution >= 4 is 41.2 Å². The fraction of sp³-hybridized carbons (Fsp3) is 0.214. The summed E-state index contributed by atoms with van der Waals surface area (Å²) in [4.78, 5) is 14.8. The highest BCUT2D eigenvalue weighted by Gasteiger charge is 2.17. The predicted molar refractivity (Wildman–Crippen MR) is 155 cm³/mol. The van der Waals surface area contributed by atoms with Crippen molar-refractivity contribution in [2.24, 2.45) is 5.10 Å². The molecule has 0 aliphatic heterocycles. The minimum Gasteiger partial charge on any atom is -0.497 e. The Balaban J connectivity index is 1.44. The number of ether oxygens (including phenoxy) is 1. The average Bonchev–Trinajstić information content (AvgIpc) is 3.38. The van der Waals surface area contributed by atoms with Crippen molar-refractivity contribution in [1.82, 2.24) is 20.2 Å². The van der Waals surface area contributed by atoms with Crippen LogP contribution >= 0.6 is 23.4 Å². The zero-order chi connectivity index (χ0) is 26.9. The summed E-state index contributed by atoms with van der Waals surface area (Å²) in [6.45, 7) is 6.16. The Morgan fingerprint density at radius 1 is 1.03 bits per heavy atom. The number of methoxy groups -OCH3 is 1. The number of aromatic nitrogens is 3. The number of rotatable bonds is 11. The van der Waals surface area contributed by atoms with Crippen molar-refractivity contribution in [2.45, 2.75) is 19.0 Å². The second-order valence-electron chi connectivity index (χ2n) is 8.19. The summed E-state index contributed by atoms with van der Waals surface area (Å²) in [7, 11) is 1.62. The number of hydrogen-bond donors (Lipinski definition) is 1. The average molecular weight is 549 g/mol. The molecular weight excluding hydrogens is 520 g/mol. The zero-order valence-electron chi connectivity index (χ0n) is 21.5. The van der Waals surface area contributed by atoms with Crippen LogP contribution in [0, 0.1) is 0 Å². The van der Waals surface area contributed by atoms with Gasteiger partial charge in [0.25, 0.3) is 5.91 Å².